The van der Waals surface area contributed by atoms with Crippen molar-refractivity contribution in [2.24, 2.45) is 0 Å². The maximum Gasteiger partial charge on any atom is 0.152 e. The van der Waals surface area contributed by atoms with Crippen molar-refractivity contribution in [3.8, 4) is 22.8 Å². The van der Waals surface area contributed by atoms with Gasteiger partial charge in [0.1, 0.15) is 11.5 Å². The maximum atomic E-state index is 5.59. The quantitative estimate of drug-likeness (QED) is 0.812. The van der Waals surface area contributed by atoms with E-state index in [1.165, 1.54) is 11.3 Å². The first kappa shape index (κ1) is 11.9. The molecule has 4 heteroatoms. The summed E-state index contributed by atoms with van der Waals surface area (Å²) >= 11 is 1.45. The highest BCUT2D eigenvalue weighted by atomic mass is 32.1. The molecule has 1 radical (unpaired) electrons. The molecule has 1 aromatic carbocycles. The molecule has 1 aromatic heterocycles. The van der Waals surface area contributed by atoms with Crippen LogP contribution in [0.15, 0.2) is 23.6 Å². The molecule has 0 fully saturated rings. The van der Waals surface area contributed by atoms with Crippen LogP contribution in [-0.4, -0.2) is 18.2 Å². The summed E-state index contributed by atoms with van der Waals surface area (Å²) in [5, 5.41) is 1.95. The summed E-state index contributed by atoms with van der Waals surface area (Å²) in [5.41, 5.74) is 4.67. The SMILES string of the molecule is CCOc1ccc(OCC)c(-c2cs[c]n2)c1. The molecule has 2 rings (SSSR count). The average Bonchev–Trinajstić information content (AvgIpc) is 2.85. The predicted molar refractivity (Wildman–Crippen MR) is 68.7 cm³/mol. The third-order valence-corrected chi connectivity index (χ3v) is 2.76. The number of aromatic nitrogens is 1. The minimum atomic E-state index is 0.634. The molecule has 2 aromatic rings. The van der Waals surface area contributed by atoms with Gasteiger partial charge in [0.15, 0.2) is 5.51 Å². The van der Waals surface area contributed by atoms with Crippen molar-refractivity contribution in [1.82, 2.24) is 4.98 Å². The number of hydrogen-bond acceptors (Lipinski definition) is 4. The van der Waals surface area contributed by atoms with Crippen molar-refractivity contribution in [1.29, 1.82) is 0 Å². The number of hydrogen-bond donors (Lipinski definition) is 0. The van der Waals surface area contributed by atoms with Gasteiger partial charge in [0, 0.05) is 10.9 Å². The summed E-state index contributed by atoms with van der Waals surface area (Å²) in [5.74, 6) is 1.66. The molecule has 0 N–H and O–H groups in total. The lowest BCUT2D eigenvalue weighted by molar-refractivity contribution is 0.331. The third-order valence-electron chi connectivity index (χ3n) is 2.23. The number of rotatable bonds is 5. The highest BCUT2D eigenvalue weighted by Gasteiger charge is 2.09. The minimum Gasteiger partial charge on any atom is -0.494 e. The molecule has 0 bridgehead atoms. The van der Waals surface area contributed by atoms with Crippen LogP contribution in [0.5, 0.6) is 11.5 Å². The van der Waals surface area contributed by atoms with Gasteiger partial charge in [0.05, 0.1) is 18.9 Å². The van der Waals surface area contributed by atoms with Crippen LogP contribution < -0.4 is 9.47 Å². The normalized spacial score (nSPS) is 10.2. The van der Waals surface area contributed by atoms with Crippen molar-refractivity contribution in [2.75, 3.05) is 13.2 Å². The standard InChI is InChI=1S/C13H14NO2S/c1-3-15-10-5-6-13(16-4-2)11(7-10)12-8-17-9-14-12/h5-8H,3-4H2,1-2H3. The average molecular weight is 248 g/mol. The van der Waals surface area contributed by atoms with E-state index in [0.717, 1.165) is 22.8 Å². The Hall–Kier alpha value is -1.55. The Morgan fingerprint density at radius 3 is 2.71 bits per heavy atom. The second kappa shape index (κ2) is 5.68. The monoisotopic (exact) mass is 248 g/mol. The van der Waals surface area contributed by atoms with E-state index in [0.29, 0.717) is 13.2 Å². The summed E-state index contributed by atoms with van der Waals surface area (Å²) in [4.78, 5) is 4.19. The fourth-order valence-corrected chi connectivity index (χ4v) is 2.05. The van der Waals surface area contributed by atoms with E-state index in [1.54, 1.807) is 0 Å². The Labute approximate surface area is 105 Å². The van der Waals surface area contributed by atoms with Crippen LogP contribution >= 0.6 is 11.3 Å². The van der Waals surface area contributed by atoms with Gasteiger partial charge in [-0.3, -0.25) is 0 Å². The van der Waals surface area contributed by atoms with Gasteiger partial charge in [-0.2, -0.15) is 0 Å². The van der Waals surface area contributed by atoms with Gasteiger partial charge in [-0.15, -0.1) is 11.3 Å². The Balaban J connectivity index is 2.40. The molecule has 3 nitrogen and oxygen atoms in total. The Bertz CT molecular complexity index is 468. The predicted octanol–water partition coefficient (Wildman–Crippen LogP) is 3.41. The largest absolute Gasteiger partial charge is 0.494 e. The van der Waals surface area contributed by atoms with E-state index in [1.807, 2.05) is 37.4 Å². The van der Waals surface area contributed by atoms with Crippen LogP contribution in [0.3, 0.4) is 0 Å². The molecule has 0 aliphatic carbocycles. The highest BCUT2D eigenvalue weighted by Crippen LogP contribution is 2.33. The molecule has 89 valence electrons. The fourth-order valence-electron chi connectivity index (χ4n) is 1.55. The summed E-state index contributed by atoms with van der Waals surface area (Å²) in [6.07, 6.45) is 0. The van der Waals surface area contributed by atoms with Crippen LogP contribution in [0.2, 0.25) is 0 Å². The molecule has 0 atom stereocenters. The van der Waals surface area contributed by atoms with E-state index >= 15 is 0 Å². The molecule has 0 aliphatic rings. The van der Waals surface area contributed by atoms with Crippen molar-refractivity contribution >= 4 is 11.3 Å². The van der Waals surface area contributed by atoms with Gasteiger partial charge in [-0.05, 0) is 32.0 Å². The highest BCUT2D eigenvalue weighted by molar-refractivity contribution is 7.07. The molecule has 1 heterocycles. The summed E-state index contributed by atoms with van der Waals surface area (Å²) < 4.78 is 11.1. The molecule has 0 aliphatic heterocycles. The number of ether oxygens (including phenoxy) is 2. The number of benzene rings is 1. The summed E-state index contributed by atoms with van der Waals surface area (Å²) in [6.45, 7) is 5.21. The molecule has 17 heavy (non-hydrogen) atoms. The van der Waals surface area contributed by atoms with Gasteiger partial charge >= 0.3 is 0 Å². The number of nitrogens with zero attached hydrogens (tertiary/aromatic N) is 1. The summed E-state index contributed by atoms with van der Waals surface area (Å²) in [6, 6.07) is 5.79. The Kier molecular flexibility index (Phi) is 3.98. The molecule has 0 amide bonds. The van der Waals surface area contributed by atoms with Gasteiger partial charge < -0.3 is 9.47 Å². The van der Waals surface area contributed by atoms with Crippen molar-refractivity contribution in [3.05, 3.63) is 29.1 Å². The van der Waals surface area contributed by atoms with Gasteiger partial charge in [0.25, 0.3) is 0 Å². The zero-order chi connectivity index (χ0) is 12.1. The zero-order valence-electron chi connectivity index (χ0n) is 9.90. The van der Waals surface area contributed by atoms with Crippen molar-refractivity contribution < 1.29 is 9.47 Å². The lowest BCUT2D eigenvalue weighted by atomic mass is 10.1. The van der Waals surface area contributed by atoms with Crippen molar-refractivity contribution in [2.45, 2.75) is 13.8 Å². The maximum absolute atomic E-state index is 5.59. The van der Waals surface area contributed by atoms with Gasteiger partial charge in [0.2, 0.25) is 0 Å². The van der Waals surface area contributed by atoms with Crippen LogP contribution in [0.4, 0.5) is 0 Å². The van der Waals surface area contributed by atoms with Gasteiger partial charge in [-0.1, -0.05) is 0 Å². The summed E-state index contributed by atoms with van der Waals surface area (Å²) in [7, 11) is 0. The lowest BCUT2D eigenvalue weighted by Crippen LogP contribution is -1.96. The lowest BCUT2D eigenvalue weighted by Gasteiger charge is -2.10. The van der Waals surface area contributed by atoms with Crippen LogP contribution in [0.1, 0.15) is 13.8 Å². The van der Waals surface area contributed by atoms with E-state index < -0.39 is 0 Å². The number of thiazole rings is 1. The first-order valence-corrected chi connectivity index (χ1v) is 6.44. The molecule has 0 unspecified atom stereocenters. The Morgan fingerprint density at radius 1 is 1.24 bits per heavy atom. The molecular weight excluding hydrogens is 234 g/mol. The van der Waals surface area contributed by atoms with E-state index in [9.17, 15) is 0 Å². The first-order chi connectivity index (χ1) is 8.35. The zero-order valence-corrected chi connectivity index (χ0v) is 10.7. The van der Waals surface area contributed by atoms with E-state index in [-0.39, 0.29) is 0 Å². The molecule has 0 spiro atoms. The smallest absolute Gasteiger partial charge is 0.152 e. The first-order valence-electron chi connectivity index (χ1n) is 5.56. The molecule has 0 saturated heterocycles. The second-order valence-corrected chi connectivity index (χ2v) is 4.00. The molecule has 0 saturated carbocycles. The van der Waals surface area contributed by atoms with Crippen LogP contribution in [-0.2, 0) is 0 Å². The second-order valence-electron chi connectivity index (χ2n) is 3.35. The topological polar surface area (TPSA) is 31.4 Å². The van der Waals surface area contributed by atoms with E-state index in [4.69, 9.17) is 9.47 Å². The van der Waals surface area contributed by atoms with Gasteiger partial charge in [-0.25, -0.2) is 4.98 Å². The fraction of sp³-hybridized carbons (Fsp3) is 0.308. The minimum absolute atomic E-state index is 0.634. The van der Waals surface area contributed by atoms with E-state index in [2.05, 4.69) is 10.5 Å². The third kappa shape index (κ3) is 2.77. The van der Waals surface area contributed by atoms with Crippen LogP contribution in [0.25, 0.3) is 11.3 Å². The molecular formula is C13H14NO2S. The van der Waals surface area contributed by atoms with Crippen LogP contribution in [0, 0.1) is 5.51 Å². The Morgan fingerprint density at radius 2 is 2.06 bits per heavy atom. The van der Waals surface area contributed by atoms with Crippen molar-refractivity contribution in [3.63, 3.8) is 0 Å².